The molecular weight excluding hydrogens is 204 g/mol. The molecule has 0 aliphatic heterocycles. The van der Waals surface area contributed by atoms with E-state index in [-0.39, 0.29) is 6.42 Å². The van der Waals surface area contributed by atoms with Gasteiger partial charge in [0, 0.05) is 0 Å². The van der Waals surface area contributed by atoms with Gasteiger partial charge in [0.15, 0.2) is 0 Å². The number of rotatable bonds is 5. The molecule has 0 unspecified atom stereocenters. The highest BCUT2D eigenvalue weighted by atomic mass is 16.5. The van der Waals surface area contributed by atoms with Crippen molar-refractivity contribution in [3.63, 3.8) is 0 Å². The Bertz CT molecular complexity index is 390. The molecule has 0 saturated carbocycles. The largest absolute Gasteiger partial charge is 0.490 e. The second-order valence-corrected chi connectivity index (χ2v) is 3.81. The average molecular weight is 220 g/mol. The maximum Gasteiger partial charge on any atom is 0.307 e. The maximum atomic E-state index is 10.5. The molecule has 1 N–H and O–H groups in total. The van der Waals surface area contributed by atoms with Gasteiger partial charge in [-0.05, 0) is 37.6 Å². The van der Waals surface area contributed by atoms with Crippen LogP contribution in [0.3, 0.4) is 0 Å². The Balaban J connectivity index is 2.60. The van der Waals surface area contributed by atoms with Crippen LogP contribution in [0.5, 0.6) is 5.75 Å². The van der Waals surface area contributed by atoms with E-state index in [0.717, 1.165) is 5.56 Å². The van der Waals surface area contributed by atoms with Crippen molar-refractivity contribution in [1.29, 1.82) is 0 Å². The second-order valence-electron chi connectivity index (χ2n) is 3.81. The van der Waals surface area contributed by atoms with E-state index >= 15 is 0 Å². The third-order valence-corrected chi connectivity index (χ3v) is 2.00. The third-order valence-electron chi connectivity index (χ3n) is 2.00. The minimum absolute atomic E-state index is 0.0276. The lowest BCUT2D eigenvalue weighted by atomic mass is 10.1. The van der Waals surface area contributed by atoms with Gasteiger partial charge < -0.3 is 9.84 Å². The SMILES string of the molecule is CC(C)=CCOc1cccc(CC(=O)O)c1. The van der Waals surface area contributed by atoms with E-state index in [4.69, 9.17) is 9.84 Å². The topological polar surface area (TPSA) is 46.5 Å². The average Bonchev–Trinajstić information content (AvgIpc) is 2.16. The van der Waals surface area contributed by atoms with Gasteiger partial charge in [-0.1, -0.05) is 17.7 Å². The Morgan fingerprint density at radius 2 is 2.19 bits per heavy atom. The number of carboxylic acid groups (broad SMARTS) is 1. The van der Waals surface area contributed by atoms with E-state index in [1.807, 2.05) is 26.0 Å². The minimum atomic E-state index is -0.832. The maximum absolute atomic E-state index is 10.5. The molecule has 0 spiro atoms. The number of benzene rings is 1. The lowest BCUT2D eigenvalue weighted by molar-refractivity contribution is -0.136. The fraction of sp³-hybridized carbons (Fsp3) is 0.308. The van der Waals surface area contributed by atoms with Crippen molar-refractivity contribution in [2.75, 3.05) is 6.61 Å². The standard InChI is InChI=1S/C13H16O3/c1-10(2)6-7-16-12-5-3-4-11(8-12)9-13(14)15/h3-6,8H,7,9H2,1-2H3,(H,14,15). The molecule has 0 amide bonds. The summed E-state index contributed by atoms with van der Waals surface area (Å²) in [6.07, 6.45) is 2.00. The van der Waals surface area contributed by atoms with E-state index in [1.54, 1.807) is 18.2 Å². The van der Waals surface area contributed by atoms with Crippen molar-refractivity contribution < 1.29 is 14.6 Å². The van der Waals surface area contributed by atoms with E-state index in [2.05, 4.69) is 0 Å². The number of aliphatic carboxylic acids is 1. The highest BCUT2D eigenvalue weighted by Crippen LogP contribution is 2.13. The van der Waals surface area contributed by atoms with Crippen LogP contribution in [-0.4, -0.2) is 17.7 Å². The number of hydrogen-bond donors (Lipinski definition) is 1. The molecule has 86 valence electrons. The number of allylic oxidation sites excluding steroid dienone is 1. The van der Waals surface area contributed by atoms with Crippen LogP contribution in [0, 0.1) is 0 Å². The van der Waals surface area contributed by atoms with Crippen molar-refractivity contribution >= 4 is 5.97 Å². The number of carbonyl (C=O) groups is 1. The van der Waals surface area contributed by atoms with Gasteiger partial charge in [-0.3, -0.25) is 4.79 Å². The Morgan fingerprint density at radius 1 is 1.44 bits per heavy atom. The zero-order chi connectivity index (χ0) is 12.0. The molecule has 0 radical (unpaired) electrons. The Labute approximate surface area is 95.4 Å². The summed E-state index contributed by atoms with van der Waals surface area (Å²) in [4.78, 5) is 10.5. The van der Waals surface area contributed by atoms with Crippen LogP contribution in [0.25, 0.3) is 0 Å². The molecule has 1 rings (SSSR count). The first kappa shape index (κ1) is 12.3. The second kappa shape index (κ2) is 5.95. The molecular formula is C13H16O3. The molecule has 0 atom stereocenters. The van der Waals surface area contributed by atoms with Gasteiger partial charge in [0.2, 0.25) is 0 Å². The summed E-state index contributed by atoms with van der Waals surface area (Å²) >= 11 is 0. The van der Waals surface area contributed by atoms with Gasteiger partial charge in [-0.15, -0.1) is 0 Å². The van der Waals surface area contributed by atoms with Gasteiger partial charge in [0.25, 0.3) is 0 Å². The van der Waals surface area contributed by atoms with E-state index in [9.17, 15) is 4.79 Å². The first-order chi connectivity index (χ1) is 7.58. The summed E-state index contributed by atoms with van der Waals surface area (Å²) in [7, 11) is 0. The molecule has 3 heteroatoms. The molecule has 0 aliphatic rings. The molecule has 0 bridgehead atoms. The summed E-state index contributed by atoms with van der Waals surface area (Å²) in [6.45, 7) is 4.52. The fourth-order valence-electron chi connectivity index (χ4n) is 1.22. The van der Waals surface area contributed by atoms with Gasteiger partial charge in [-0.25, -0.2) is 0 Å². The quantitative estimate of drug-likeness (QED) is 0.776. The van der Waals surface area contributed by atoms with E-state index in [0.29, 0.717) is 12.4 Å². The van der Waals surface area contributed by atoms with Gasteiger partial charge in [-0.2, -0.15) is 0 Å². The van der Waals surface area contributed by atoms with Gasteiger partial charge in [0.05, 0.1) is 6.42 Å². The van der Waals surface area contributed by atoms with Crippen LogP contribution < -0.4 is 4.74 Å². The third kappa shape index (κ3) is 4.64. The molecule has 0 aromatic heterocycles. The molecule has 3 nitrogen and oxygen atoms in total. The lowest BCUT2D eigenvalue weighted by Crippen LogP contribution is -2.00. The monoisotopic (exact) mass is 220 g/mol. The Morgan fingerprint density at radius 3 is 2.81 bits per heavy atom. The lowest BCUT2D eigenvalue weighted by Gasteiger charge is -2.05. The number of carboxylic acids is 1. The molecule has 16 heavy (non-hydrogen) atoms. The predicted molar refractivity (Wildman–Crippen MR) is 62.7 cm³/mol. The molecule has 0 saturated heterocycles. The summed E-state index contributed by atoms with van der Waals surface area (Å²) in [5.41, 5.74) is 1.95. The Kier molecular flexibility index (Phi) is 4.58. The highest BCUT2D eigenvalue weighted by Gasteiger charge is 2.01. The first-order valence-corrected chi connectivity index (χ1v) is 5.15. The van der Waals surface area contributed by atoms with E-state index in [1.165, 1.54) is 5.57 Å². The summed E-state index contributed by atoms with van der Waals surface area (Å²) in [5.74, 6) is -0.127. The molecule has 1 aromatic carbocycles. The van der Waals surface area contributed by atoms with Crippen LogP contribution in [0.15, 0.2) is 35.9 Å². The fourth-order valence-corrected chi connectivity index (χ4v) is 1.22. The van der Waals surface area contributed by atoms with Crippen molar-refractivity contribution in [2.24, 2.45) is 0 Å². The first-order valence-electron chi connectivity index (χ1n) is 5.15. The Hall–Kier alpha value is -1.77. The molecule has 0 fully saturated rings. The molecule has 0 heterocycles. The van der Waals surface area contributed by atoms with Crippen LogP contribution in [-0.2, 0) is 11.2 Å². The smallest absolute Gasteiger partial charge is 0.307 e. The van der Waals surface area contributed by atoms with Crippen molar-refractivity contribution in [1.82, 2.24) is 0 Å². The number of hydrogen-bond acceptors (Lipinski definition) is 2. The summed E-state index contributed by atoms with van der Waals surface area (Å²) in [6, 6.07) is 7.16. The van der Waals surface area contributed by atoms with Gasteiger partial charge >= 0.3 is 5.97 Å². The molecule has 0 aliphatic carbocycles. The zero-order valence-corrected chi connectivity index (χ0v) is 9.56. The minimum Gasteiger partial charge on any atom is -0.490 e. The highest BCUT2D eigenvalue weighted by molar-refractivity contribution is 5.70. The van der Waals surface area contributed by atoms with Crippen molar-refractivity contribution in [3.8, 4) is 5.75 Å². The summed E-state index contributed by atoms with van der Waals surface area (Å²) in [5, 5.41) is 8.66. The number of ether oxygens (including phenoxy) is 1. The van der Waals surface area contributed by atoms with Crippen LogP contribution in [0.1, 0.15) is 19.4 Å². The van der Waals surface area contributed by atoms with Crippen LogP contribution in [0.4, 0.5) is 0 Å². The van der Waals surface area contributed by atoms with Gasteiger partial charge in [0.1, 0.15) is 12.4 Å². The van der Waals surface area contributed by atoms with Crippen molar-refractivity contribution in [2.45, 2.75) is 20.3 Å². The van der Waals surface area contributed by atoms with E-state index < -0.39 is 5.97 Å². The van der Waals surface area contributed by atoms with Crippen LogP contribution >= 0.6 is 0 Å². The molecule has 1 aromatic rings. The predicted octanol–water partition coefficient (Wildman–Crippen LogP) is 2.66. The normalized spacial score (nSPS) is 9.62. The van der Waals surface area contributed by atoms with Crippen LogP contribution in [0.2, 0.25) is 0 Å². The van der Waals surface area contributed by atoms with Crippen molar-refractivity contribution in [3.05, 3.63) is 41.5 Å². The zero-order valence-electron chi connectivity index (χ0n) is 9.56. The summed E-state index contributed by atoms with van der Waals surface area (Å²) < 4.78 is 5.47.